The predicted molar refractivity (Wildman–Crippen MR) is 174 cm³/mol. The lowest BCUT2D eigenvalue weighted by Crippen LogP contribution is -2.29. The smallest absolute Gasteiger partial charge is 0.227 e. The van der Waals surface area contributed by atoms with Crippen molar-refractivity contribution in [1.29, 1.82) is 0 Å². The quantitative estimate of drug-likeness (QED) is 0.208. The van der Waals surface area contributed by atoms with Crippen molar-refractivity contribution in [3.63, 3.8) is 0 Å². The van der Waals surface area contributed by atoms with Gasteiger partial charge in [-0.05, 0) is 75.4 Å². The molecule has 2 aromatic carbocycles. The number of benzene rings is 2. The Morgan fingerprint density at radius 2 is 2.02 bits per heavy atom. The third-order valence-corrected chi connectivity index (χ3v) is 8.77. The molecule has 9 heteroatoms. The Balaban J connectivity index is 1.36. The van der Waals surface area contributed by atoms with Gasteiger partial charge in [0.05, 0.1) is 34.0 Å². The molecule has 2 aliphatic rings. The van der Waals surface area contributed by atoms with E-state index in [9.17, 15) is 0 Å². The summed E-state index contributed by atoms with van der Waals surface area (Å²) in [5.41, 5.74) is 16.2. The van der Waals surface area contributed by atoms with E-state index in [1.54, 1.807) is 0 Å². The van der Waals surface area contributed by atoms with Crippen LogP contribution in [-0.2, 0) is 24.1 Å². The van der Waals surface area contributed by atoms with Gasteiger partial charge in [-0.15, -0.1) is 0 Å². The Hall–Kier alpha value is -3.82. The first-order valence-corrected chi connectivity index (χ1v) is 15.2. The average molecular weight is 569 g/mol. The highest BCUT2D eigenvalue weighted by atomic mass is 16.5. The van der Waals surface area contributed by atoms with Crippen molar-refractivity contribution < 1.29 is 4.74 Å². The molecule has 42 heavy (non-hydrogen) atoms. The number of likely N-dealkylation sites (N-methyl/N-ethyl adjacent to an activating group) is 2. The van der Waals surface area contributed by atoms with E-state index < -0.39 is 0 Å². The molecule has 1 unspecified atom stereocenters. The van der Waals surface area contributed by atoms with Crippen molar-refractivity contribution in [2.45, 2.75) is 38.6 Å². The highest BCUT2D eigenvalue weighted by Gasteiger charge is 2.22. The van der Waals surface area contributed by atoms with Crippen molar-refractivity contribution in [3.05, 3.63) is 53.9 Å². The van der Waals surface area contributed by atoms with Crippen LogP contribution in [0.3, 0.4) is 0 Å². The SMILES string of the molecule is CNc1cc(N(C)CCN(C)C)c(N)cc1Nc1ncc(CCC2CCOC2)c(-c2cn3c4c(cccc24)CCC3)n1. The third kappa shape index (κ3) is 5.76. The average Bonchev–Trinajstić information content (AvgIpc) is 3.65. The lowest BCUT2D eigenvalue weighted by atomic mass is 9.96. The van der Waals surface area contributed by atoms with Crippen LogP contribution in [0.25, 0.3) is 22.2 Å². The summed E-state index contributed by atoms with van der Waals surface area (Å²) in [4.78, 5) is 14.4. The molecule has 1 saturated heterocycles. The first-order valence-electron chi connectivity index (χ1n) is 15.2. The molecule has 2 aromatic heterocycles. The molecule has 9 nitrogen and oxygen atoms in total. The van der Waals surface area contributed by atoms with Gasteiger partial charge < -0.3 is 35.5 Å². The zero-order valence-electron chi connectivity index (χ0n) is 25.4. The number of aryl methyl sites for hydroxylation is 3. The van der Waals surface area contributed by atoms with Crippen molar-refractivity contribution in [3.8, 4) is 11.3 Å². The summed E-state index contributed by atoms with van der Waals surface area (Å²) in [6.07, 6.45) is 9.75. The van der Waals surface area contributed by atoms with E-state index in [-0.39, 0.29) is 0 Å². The van der Waals surface area contributed by atoms with Gasteiger partial charge in [0.25, 0.3) is 0 Å². The van der Waals surface area contributed by atoms with Crippen LogP contribution in [0.4, 0.5) is 28.7 Å². The van der Waals surface area contributed by atoms with Crippen LogP contribution < -0.4 is 21.3 Å². The number of hydrogen-bond acceptors (Lipinski definition) is 8. The zero-order valence-corrected chi connectivity index (χ0v) is 25.4. The van der Waals surface area contributed by atoms with Gasteiger partial charge in [0.2, 0.25) is 5.95 Å². The monoisotopic (exact) mass is 568 g/mol. The summed E-state index contributed by atoms with van der Waals surface area (Å²) in [5.74, 6) is 1.16. The number of para-hydroxylation sites is 1. The maximum atomic E-state index is 6.57. The molecule has 222 valence electrons. The topological polar surface area (TPSA) is 96.5 Å². The van der Waals surface area contributed by atoms with Crippen LogP contribution in [-0.4, -0.2) is 73.9 Å². The molecular weight excluding hydrogens is 524 g/mol. The van der Waals surface area contributed by atoms with Crippen LogP contribution in [0, 0.1) is 5.92 Å². The molecule has 0 spiro atoms. The molecule has 0 radical (unpaired) electrons. The lowest BCUT2D eigenvalue weighted by Gasteiger charge is -2.25. The van der Waals surface area contributed by atoms with E-state index >= 15 is 0 Å². The Morgan fingerprint density at radius 3 is 2.81 bits per heavy atom. The third-order valence-electron chi connectivity index (χ3n) is 8.77. The first-order chi connectivity index (χ1) is 20.4. The highest BCUT2D eigenvalue weighted by molar-refractivity contribution is 5.98. The van der Waals surface area contributed by atoms with Crippen LogP contribution in [0.15, 0.2) is 42.7 Å². The lowest BCUT2D eigenvalue weighted by molar-refractivity contribution is 0.184. The number of ether oxygens (including phenoxy) is 1. The summed E-state index contributed by atoms with van der Waals surface area (Å²) in [6, 6.07) is 10.8. The molecule has 2 aliphatic heterocycles. The summed E-state index contributed by atoms with van der Waals surface area (Å²) in [5, 5.41) is 8.10. The first kappa shape index (κ1) is 28.3. The predicted octanol–water partition coefficient (Wildman–Crippen LogP) is 5.38. The number of hydrogen-bond donors (Lipinski definition) is 3. The van der Waals surface area contributed by atoms with E-state index in [2.05, 4.69) is 76.6 Å². The second-order valence-electron chi connectivity index (χ2n) is 12.0. The van der Waals surface area contributed by atoms with Gasteiger partial charge in [0.1, 0.15) is 0 Å². The second-order valence-corrected chi connectivity index (χ2v) is 12.0. The Morgan fingerprint density at radius 1 is 1.14 bits per heavy atom. The Kier molecular flexibility index (Phi) is 8.22. The maximum absolute atomic E-state index is 6.57. The van der Waals surface area contributed by atoms with Crippen LogP contribution in [0.5, 0.6) is 0 Å². The molecule has 0 saturated carbocycles. The van der Waals surface area contributed by atoms with Crippen LogP contribution in [0.1, 0.15) is 30.4 Å². The number of anilines is 5. The normalized spacial score (nSPS) is 16.4. The summed E-state index contributed by atoms with van der Waals surface area (Å²) >= 11 is 0. The molecule has 0 bridgehead atoms. The van der Waals surface area contributed by atoms with Gasteiger partial charge in [0.15, 0.2) is 0 Å². The molecule has 1 atom stereocenters. The van der Waals surface area contributed by atoms with E-state index in [4.69, 9.17) is 20.4 Å². The van der Waals surface area contributed by atoms with Crippen molar-refractivity contribution in [2.75, 3.05) is 75.8 Å². The van der Waals surface area contributed by atoms with Crippen molar-refractivity contribution >= 4 is 39.6 Å². The van der Waals surface area contributed by atoms with Gasteiger partial charge >= 0.3 is 0 Å². The summed E-state index contributed by atoms with van der Waals surface area (Å²) < 4.78 is 8.07. The number of nitrogens with two attached hydrogens (primary N) is 1. The van der Waals surface area contributed by atoms with Crippen molar-refractivity contribution in [1.82, 2.24) is 19.4 Å². The molecule has 4 N–H and O–H groups in total. The van der Waals surface area contributed by atoms with Crippen LogP contribution in [0.2, 0.25) is 0 Å². The zero-order chi connectivity index (χ0) is 29.2. The van der Waals surface area contributed by atoms with Gasteiger partial charge in [-0.25, -0.2) is 9.97 Å². The molecule has 4 heterocycles. The molecule has 1 fully saturated rings. The molecule has 6 rings (SSSR count). The highest BCUT2D eigenvalue weighted by Crippen LogP contribution is 2.38. The van der Waals surface area contributed by atoms with E-state index in [0.717, 1.165) is 81.3 Å². The molecule has 0 aliphatic carbocycles. The van der Waals surface area contributed by atoms with Gasteiger partial charge in [0, 0.05) is 70.3 Å². The fourth-order valence-corrected chi connectivity index (χ4v) is 6.33. The van der Waals surface area contributed by atoms with E-state index in [1.165, 1.54) is 34.0 Å². The summed E-state index contributed by atoms with van der Waals surface area (Å²) in [7, 11) is 8.16. The number of rotatable bonds is 11. The summed E-state index contributed by atoms with van der Waals surface area (Å²) in [6.45, 7) is 4.59. The van der Waals surface area contributed by atoms with E-state index in [0.29, 0.717) is 17.6 Å². The van der Waals surface area contributed by atoms with Gasteiger partial charge in [-0.2, -0.15) is 0 Å². The minimum absolute atomic E-state index is 0.564. The fourth-order valence-electron chi connectivity index (χ4n) is 6.33. The Bertz CT molecular complexity index is 1560. The Labute approximate surface area is 249 Å². The minimum atomic E-state index is 0.564. The minimum Gasteiger partial charge on any atom is -0.397 e. The number of nitrogen functional groups attached to an aromatic ring is 1. The number of nitrogens with one attached hydrogen (secondary N) is 2. The molecule has 0 amide bonds. The van der Waals surface area contributed by atoms with Gasteiger partial charge in [-0.1, -0.05) is 18.2 Å². The van der Waals surface area contributed by atoms with Crippen LogP contribution >= 0.6 is 0 Å². The second kappa shape index (κ2) is 12.2. The molecule has 4 aromatic rings. The standard InChI is InChI=1S/C33H44N8O/c1-35-28-18-30(40(4)15-14-39(2)3)27(34)17-29(28)37-33-36-19-24(11-10-22-12-16-42-21-22)31(38-33)26-20-41-13-6-8-23-7-5-9-25(26)32(23)41/h5,7,9,17-20,22,35H,6,8,10-16,21,34H2,1-4H3,(H,36,37,38). The molecular formula is C33H44N8O. The fraction of sp³-hybridized carbons (Fsp3) is 0.455. The largest absolute Gasteiger partial charge is 0.397 e. The van der Waals surface area contributed by atoms with Crippen molar-refractivity contribution in [2.24, 2.45) is 5.92 Å². The number of nitrogens with zero attached hydrogens (tertiary/aromatic N) is 5. The van der Waals surface area contributed by atoms with Gasteiger partial charge in [-0.3, -0.25) is 0 Å². The van der Waals surface area contributed by atoms with E-state index in [1.807, 2.05) is 19.3 Å². The maximum Gasteiger partial charge on any atom is 0.227 e. The number of aromatic nitrogens is 3.